The molecule has 4 rings (SSSR count). The van der Waals surface area contributed by atoms with E-state index in [4.69, 9.17) is 0 Å². The third kappa shape index (κ3) is 2.48. The van der Waals surface area contributed by atoms with Crippen LogP contribution in [0.2, 0.25) is 0 Å². The number of hydrogen-bond acceptors (Lipinski definition) is 4. The summed E-state index contributed by atoms with van der Waals surface area (Å²) < 4.78 is 2.10. The van der Waals surface area contributed by atoms with E-state index in [2.05, 4.69) is 19.7 Å². The number of nitrogens with zero attached hydrogens (tertiary/aromatic N) is 4. The van der Waals surface area contributed by atoms with Gasteiger partial charge in [-0.25, -0.2) is 4.79 Å². The Morgan fingerprint density at radius 1 is 1.35 bits per heavy atom. The smallest absolute Gasteiger partial charge is 0.336 e. The van der Waals surface area contributed by atoms with E-state index >= 15 is 0 Å². The average molecular weight is 312 g/mol. The normalized spacial score (nSPS) is 17.2. The molecule has 0 spiro atoms. The van der Waals surface area contributed by atoms with Crippen molar-refractivity contribution in [1.82, 2.24) is 14.8 Å². The number of rotatable bonds is 4. The lowest BCUT2D eigenvalue weighted by Gasteiger charge is -2.31. The van der Waals surface area contributed by atoms with E-state index in [1.807, 2.05) is 19.2 Å². The summed E-state index contributed by atoms with van der Waals surface area (Å²) in [6, 6.07) is 5.53. The predicted octanol–water partition coefficient (Wildman–Crippen LogP) is 2.34. The molecule has 1 aromatic carbocycles. The standard InChI is InChI=1S/C17H20N4O2/c1-20-15(18-19-16(20)11-7-8-11)10-21-9-3-5-12-13(17(22)23)4-2-6-14(12)21/h2,4,6,11H,3,5,7-10H2,1H3,(H,22,23). The van der Waals surface area contributed by atoms with Gasteiger partial charge in [0.25, 0.3) is 0 Å². The zero-order chi connectivity index (χ0) is 16.0. The number of fused-ring (bicyclic) bond motifs is 1. The minimum absolute atomic E-state index is 0.420. The Kier molecular flexibility index (Phi) is 3.32. The molecule has 2 aromatic rings. The molecule has 1 saturated carbocycles. The second-order valence-corrected chi connectivity index (χ2v) is 6.44. The van der Waals surface area contributed by atoms with E-state index in [9.17, 15) is 9.90 Å². The molecule has 2 aliphatic rings. The molecule has 0 amide bonds. The number of aromatic nitrogens is 3. The van der Waals surface area contributed by atoms with Crippen LogP contribution in [-0.2, 0) is 20.0 Å². The molecule has 0 saturated heterocycles. The summed E-state index contributed by atoms with van der Waals surface area (Å²) in [7, 11) is 2.03. The van der Waals surface area contributed by atoms with Crippen LogP contribution in [0.5, 0.6) is 0 Å². The van der Waals surface area contributed by atoms with Gasteiger partial charge in [-0.05, 0) is 43.4 Å². The Balaban J connectivity index is 1.64. The number of benzene rings is 1. The summed E-state index contributed by atoms with van der Waals surface area (Å²) in [6.45, 7) is 1.59. The molecule has 1 aromatic heterocycles. The minimum atomic E-state index is -0.849. The van der Waals surface area contributed by atoms with E-state index in [0.29, 0.717) is 18.0 Å². The summed E-state index contributed by atoms with van der Waals surface area (Å²) in [5.41, 5.74) is 2.38. The van der Waals surface area contributed by atoms with Gasteiger partial charge in [-0.15, -0.1) is 10.2 Å². The number of carboxylic acids is 1. The topological polar surface area (TPSA) is 71.2 Å². The molecule has 120 valence electrons. The molecular weight excluding hydrogens is 292 g/mol. The van der Waals surface area contributed by atoms with Crippen LogP contribution in [0, 0.1) is 0 Å². The van der Waals surface area contributed by atoms with Crippen molar-refractivity contribution in [1.29, 1.82) is 0 Å². The Hall–Kier alpha value is -2.37. The largest absolute Gasteiger partial charge is 0.478 e. The maximum absolute atomic E-state index is 11.4. The van der Waals surface area contributed by atoms with Crippen LogP contribution in [0.25, 0.3) is 0 Å². The molecule has 0 bridgehead atoms. The van der Waals surface area contributed by atoms with Crippen LogP contribution in [0.15, 0.2) is 18.2 Å². The van der Waals surface area contributed by atoms with Crippen LogP contribution in [-0.4, -0.2) is 32.4 Å². The summed E-state index contributed by atoms with van der Waals surface area (Å²) in [5.74, 6) is 1.75. The van der Waals surface area contributed by atoms with Crippen molar-refractivity contribution >= 4 is 11.7 Å². The van der Waals surface area contributed by atoms with Crippen molar-refractivity contribution in [3.05, 3.63) is 41.0 Å². The first-order valence-corrected chi connectivity index (χ1v) is 8.13. The molecule has 0 atom stereocenters. The van der Waals surface area contributed by atoms with E-state index < -0.39 is 5.97 Å². The van der Waals surface area contributed by atoms with Gasteiger partial charge in [0.05, 0.1) is 12.1 Å². The molecule has 1 N–H and O–H groups in total. The molecule has 0 radical (unpaired) electrons. The van der Waals surface area contributed by atoms with Gasteiger partial charge in [0, 0.05) is 25.2 Å². The predicted molar refractivity (Wildman–Crippen MR) is 85.8 cm³/mol. The molecule has 1 fully saturated rings. The SMILES string of the molecule is Cn1c(CN2CCCc3c(C(=O)O)cccc32)nnc1C1CC1. The van der Waals surface area contributed by atoms with Gasteiger partial charge in [-0.1, -0.05) is 6.07 Å². The molecule has 23 heavy (non-hydrogen) atoms. The van der Waals surface area contributed by atoms with Crippen LogP contribution in [0.3, 0.4) is 0 Å². The fourth-order valence-corrected chi connectivity index (χ4v) is 3.45. The third-order valence-electron chi connectivity index (χ3n) is 4.85. The van der Waals surface area contributed by atoms with Crippen molar-refractivity contribution in [2.24, 2.45) is 7.05 Å². The lowest BCUT2D eigenvalue weighted by Crippen LogP contribution is -2.31. The molecule has 1 aliphatic heterocycles. The summed E-state index contributed by atoms with van der Waals surface area (Å²) >= 11 is 0. The number of carbonyl (C=O) groups is 1. The zero-order valence-electron chi connectivity index (χ0n) is 13.2. The first-order valence-electron chi connectivity index (χ1n) is 8.13. The fourth-order valence-electron chi connectivity index (χ4n) is 3.45. The van der Waals surface area contributed by atoms with Crippen LogP contribution >= 0.6 is 0 Å². The summed E-state index contributed by atoms with van der Waals surface area (Å²) in [6.07, 6.45) is 4.20. The number of carboxylic acid groups (broad SMARTS) is 1. The van der Waals surface area contributed by atoms with Gasteiger partial charge < -0.3 is 14.6 Å². The van der Waals surface area contributed by atoms with Gasteiger partial charge in [0.15, 0.2) is 5.82 Å². The number of hydrogen-bond donors (Lipinski definition) is 1. The van der Waals surface area contributed by atoms with E-state index in [-0.39, 0.29) is 0 Å². The number of aromatic carboxylic acids is 1. The lowest BCUT2D eigenvalue weighted by molar-refractivity contribution is 0.0695. The average Bonchev–Trinajstić information content (AvgIpc) is 3.32. The highest BCUT2D eigenvalue weighted by Crippen LogP contribution is 2.39. The van der Waals surface area contributed by atoms with Crippen molar-refractivity contribution in [3.8, 4) is 0 Å². The van der Waals surface area contributed by atoms with Gasteiger partial charge in [-0.2, -0.15) is 0 Å². The lowest BCUT2D eigenvalue weighted by atomic mass is 9.96. The van der Waals surface area contributed by atoms with E-state index in [1.54, 1.807) is 6.07 Å². The third-order valence-corrected chi connectivity index (χ3v) is 4.85. The van der Waals surface area contributed by atoms with E-state index in [0.717, 1.165) is 42.3 Å². The molecule has 1 aliphatic carbocycles. The highest BCUT2D eigenvalue weighted by atomic mass is 16.4. The molecule has 0 unspecified atom stereocenters. The first kappa shape index (κ1) is 14.2. The van der Waals surface area contributed by atoms with Gasteiger partial charge in [0.1, 0.15) is 5.82 Å². The first-order chi connectivity index (χ1) is 11.1. The quantitative estimate of drug-likeness (QED) is 0.938. The zero-order valence-corrected chi connectivity index (χ0v) is 13.2. The van der Waals surface area contributed by atoms with Crippen LogP contribution in [0.4, 0.5) is 5.69 Å². The number of anilines is 1. The van der Waals surface area contributed by atoms with E-state index in [1.165, 1.54) is 12.8 Å². The Morgan fingerprint density at radius 2 is 2.17 bits per heavy atom. The van der Waals surface area contributed by atoms with Gasteiger partial charge in [0.2, 0.25) is 0 Å². The monoisotopic (exact) mass is 312 g/mol. The second-order valence-electron chi connectivity index (χ2n) is 6.44. The summed E-state index contributed by atoms with van der Waals surface area (Å²) in [5, 5.41) is 18.1. The van der Waals surface area contributed by atoms with Gasteiger partial charge >= 0.3 is 5.97 Å². The van der Waals surface area contributed by atoms with Gasteiger partial charge in [-0.3, -0.25) is 0 Å². The van der Waals surface area contributed by atoms with Crippen LogP contribution < -0.4 is 4.90 Å². The molecule has 2 heterocycles. The maximum Gasteiger partial charge on any atom is 0.336 e. The van der Waals surface area contributed by atoms with Crippen LogP contribution in [0.1, 0.15) is 52.8 Å². The minimum Gasteiger partial charge on any atom is -0.478 e. The maximum atomic E-state index is 11.4. The Morgan fingerprint density at radius 3 is 2.91 bits per heavy atom. The fraction of sp³-hybridized carbons (Fsp3) is 0.471. The Bertz CT molecular complexity index is 764. The highest BCUT2D eigenvalue weighted by molar-refractivity contribution is 5.91. The molecule has 6 nitrogen and oxygen atoms in total. The Labute approximate surface area is 134 Å². The van der Waals surface area contributed by atoms with Crippen molar-refractivity contribution in [3.63, 3.8) is 0 Å². The molecular formula is C17H20N4O2. The second kappa shape index (κ2) is 5.37. The van der Waals surface area contributed by atoms with Crippen molar-refractivity contribution in [2.45, 2.75) is 38.1 Å². The van der Waals surface area contributed by atoms with Crippen molar-refractivity contribution < 1.29 is 9.90 Å². The van der Waals surface area contributed by atoms with Crippen molar-refractivity contribution in [2.75, 3.05) is 11.4 Å². The summed E-state index contributed by atoms with van der Waals surface area (Å²) in [4.78, 5) is 13.7. The highest BCUT2D eigenvalue weighted by Gasteiger charge is 2.30. The molecule has 6 heteroatoms.